The van der Waals surface area contributed by atoms with Crippen LogP contribution in [0.1, 0.15) is 29.8 Å². The fourth-order valence-corrected chi connectivity index (χ4v) is 1.42. The van der Waals surface area contributed by atoms with Gasteiger partial charge in [0.2, 0.25) is 0 Å². The SMILES string of the molecule is Cc1ccc(Cl)c(C(=O)OC(C)C)c1N. The molecule has 1 rings (SSSR count). The Balaban J connectivity index is 3.13. The van der Waals surface area contributed by atoms with E-state index in [0.717, 1.165) is 5.56 Å². The maximum atomic E-state index is 11.7. The third kappa shape index (κ3) is 2.63. The van der Waals surface area contributed by atoms with E-state index in [1.807, 2.05) is 6.92 Å². The lowest BCUT2D eigenvalue weighted by Gasteiger charge is -2.12. The normalized spacial score (nSPS) is 10.5. The van der Waals surface area contributed by atoms with Crippen LogP contribution in [0.4, 0.5) is 5.69 Å². The first-order chi connectivity index (χ1) is 6.93. The third-order valence-electron chi connectivity index (χ3n) is 1.96. The second-order valence-corrected chi connectivity index (χ2v) is 4.01. The Morgan fingerprint density at radius 2 is 2.07 bits per heavy atom. The number of aryl methyl sites for hydroxylation is 1. The van der Waals surface area contributed by atoms with Gasteiger partial charge in [0.05, 0.1) is 16.8 Å². The summed E-state index contributed by atoms with van der Waals surface area (Å²) in [5, 5.41) is 0.323. The van der Waals surface area contributed by atoms with Gasteiger partial charge in [0.25, 0.3) is 0 Å². The molecule has 0 radical (unpaired) electrons. The van der Waals surface area contributed by atoms with Crippen LogP contribution < -0.4 is 5.73 Å². The molecule has 0 spiro atoms. The summed E-state index contributed by atoms with van der Waals surface area (Å²) < 4.78 is 5.05. The lowest BCUT2D eigenvalue weighted by atomic mass is 10.1. The Bertz CT molecular complexity index is 388. The molecule has 1 aromatic rings. The van der Waals surface area contributed by atoms with E-state index in [0.29, 0.717) is 10.7 Å². The van der Waals surface area contributed by atoms with Crippen molar-refractivity contribution < 1.29 is 9.53 Å². The van der Waals surface area contributed by atoms with Crippen molar-refractivity contribution >= 4 is 23.3 Å². The number of halogens is 1. The first-order valence-corrected chi connectivity index (χ1v) is 5.06. The van der Waals surface area contributed by atoms with Gasteiger partial charge in [-0.05, 0) is 32.4 Å². The summed E-state index contributed by atoms with van der Waals surface area (Å²) in [5.74, 6) is -0.476. The van der Waals surface area contributed by atoms with E-state index in [2.05, 4.69) is 0 Å². The number of carbonyl (C=O) groups excluding carboxylic acids is 1. The number of hydrogen-bond donors (Lipinski definition) is 1. The minimum absolute atomic E-state index is 0.187. The molecule has 0 fully saturated rings. The van der Waals surface area contributed by atoms with Gasteiger partial charge in [-0.25, -0.2) is 4.79 Å². The molecular weight excluding hydrogens is 214 g/mol. The van der Waals surface area contributed by atoms with E-state index in [9.17, 15) is 4.79 Å². The van der Waals surface area contributed by atoms with Gasteiger partial charge >= 0.3 is 5.97 Å². The van der Waals surface area contributed by atoms with Gasteiger partial charge in [0.15, 0.2) is 0 Å². The first-order valence-electron chi connectivity index (χ1n) is 4.69. The van der Waals surface area contributed by atoms with Gasteiger partial charge in [0.1, 0.15) is 5.56 Å². The molecule has 3 nitrogen and oxygen atoms in total. The van der Waals surface area contributed by atoms with Crippen molar-refractivity contribution in [2.24, 2.45) is 0 Å². The molecule has 0 bridgehead atoms. The highest BCUT2D eigenvalue weighted by Gasteiger charge is 2.17. The van der Waals surface area contributed by atoms with E-state index in [1.165, 1.54) is 0 Å². The number of anilines is 1. The number of benzene rings is 1. The predicted octanol–water partition coefficient (Wildman–Crippen LogP) is 2.80. The largest absolute Gasteiger partial charge is 0.459 e. The van der Waals surface area contributed by atoms with Crippen LogP contribution in [0.3, 0.4) is 0 Å². The van der Waals surface area contributed by atoms with Crippen LogP contribution in [0.5, 0.6) is 0 Å². The van der Waals surface area contributed by atoms with Crippen LogP contribution in [0.2, 0.25) is 5.02 Å². The van der Waals surface area contributed by atoms with Crippen molar-refractivity contribution in [1.82, 2.24) is 0 Å². The fourth-order valence-electron chi connectivity index (χ4n) is 1.18. The first kappa shape index (κ1) is 11.9. The monoisotopic (exact) mass is 227 g/mol. The summed E-state index contributed by atoms with van der Waals surface area (Å²) in [7, 11) is 0. The maximum Gasteiger partial charge on any atom is 0.342 e. The summed E-state index contributed by atoms with van der Waals surface area (Å²) in [4.78, 5) is 11.7. The molecule has 82 valence electrons. The quantitative estimate of drug-likeness (QED) is 0.624. The highest BCUT2D eigenvalue weighted by molar-refractivity contribution is 6.34. The molecule has 2 N–H and O–H groups in total. The summed E-state index contributed by atoms with van der Waals surface area (Å²) in [6.45, 7) is 5.37. The number of nitrogens with two attached hydrogens (primary N) is 1. The molecule has 0 saturated heterocycles. The zero-order valence-corrected chi connectivity index (χ0v) is 9.76. The molecule has 0 heterocycles. The summed E-state index contributed by atoms with van der Waals surface area (Å²) in [5.41, 5.74) is 7.23. The smallest absolute Gasteiger partial charge is 0.342 e. The average molecular weight is 228 g/mol. The third-order valence-corrected chi connectivity index (χ3v) is 2.27. The van der Waals surface area contributed by atoms with Crippen molar-refractivity contribution in [2.45, 2.75) is 26.9 Å². The van der Waals surface area contributed by atoms with Crippen LogP contribution in [0.15, 0.2) is 12.1 Å². The number of ether oxygens (including phenoxy) is 1. The second-order valence-electron chi connectivity index (χ2n) is 3.61. The molecule has 0 unspecified atom stereocenters. The molecule has 0 amide bonds. The van der Waals surface area contributed by atoms with Crippen molar-refractivity contribution in [3.05, 3.63) is 28.3 Å². The zero-order valence-electron chi connectivity index (χ0n) is 9.00. The number of carbonyl (C=O) groups is 1. The van der Waals surface area contributed by atoms with E-state index < -0.39 is 5.97 Å². The van der Waals surface area contributed by atoms with E-state index >= 15 is 0 Å². The van der Waals surface area contributed by atoms with Gasteiger partial charge in [0, 0.05) is 0 Å². The van der Waals surface area contributed by atoms with E-state index in [4.69, 9.17) is 22.1 Å². The molecule has 15 heavy (non-hydrogen) atoms. The Hall–Kier alpha value is -1.22. The standard InChI is InChI=1S/C11H14ClNO2/c1-6(2)15-11(14)9-8(12)5-4-7(3)10(9)13/h4-6H,13H2,1-3H3. The van der Waals surface area contributed by atoms with E-state index in [1.54, 1.807) is 26.0 Å². The lowest BCUT2D eigenvalue weighted by molar-refractivity contribution is 0.0379. The summed E-state index contributed by atoms with van der Waals surface area (Å²) in [6.07, 6.45) is -0.187. The van der Waals surface area contributed by atoms with Crippen LogP contribution in [-0.4, -0.2) is 12.1 Å². The zero-order chi connectivity index (χ0) is 11.6. The highest BCUT2D eigenvalue weighted by atomic mass is 35.5. The van der Waals surface area contributed by atoms with Crippen molar-refractivity contribution in [3.8, 4) is 0 Å². The van der Waals surface area contributed by atoms with E-state index in [-0.39, 0.29) is 11.7 Å². The van der Waals surface area contributed by atoms with Crippen molar-refractivity contribution in [1.29, 1.82) is 0 Å². The van der Waals surface area contributed by atoms with Crippen LogP contribution >= 0.6 is 11.6 Å². The highest BCUT2D eigenvalue weighted by Crippen LogP contribution is 2.26. The molecule has 0 aromatic heterocycles. The van der Waals surface area contributed by atoms with Crippen LogP contribution in [0, 0.1) is 6.92 Å². The molecular formula is C11H14ClNO2. The molecule has 0 aliphatic carbocycles. The van der Waals surface area contributed by atoms with Crippen molar-refractivity contribution in [2.75, 3.05) is 5.73 Å². The molecule has 0 aliphatic heterocycles. The van der Waals surface area contributed by atoms with Crippen LogP contribution in [0.25, 0.3) is 0 Å². The second kappa shape index (κ2) is 4.53. The number of rotatable bonds is 2. The molecule has 0 atom stereocenters. The van der Waals surface area contributed by atoms with Crippen molar-refractivity contribution in [3.63, 3.8) is 0 Å². The lowest BCUT2D eigenvalue weighted by Crippen LogP contribution is -2.14. The number of nitrogen functional groups attached to an aromatic ring is 1. The molecule has 0 aliphatic rings. The average Bonchev–Trinajstić information content (AvgIpc) is 2.11. The Morgan fingerprint density at radius 3 is 2.60 bits per heavy atom. The van der Waals surface area contributed by atoms with Gasteiger partial charge in [-0.3, -0.25) is 0 Å². The topological polar surface area (TPSA) is 52.3 Å². The maximum absolute atomic E-state index is 11.7. The number of esters is 1. The van der Waals surface area contributed by atoms with Gasteiger partial charge < -0.3 is 10.5 Å². The fraction of sp³-hybridized carbons (Fsp3) is 0.364. The molecule has 4 heteroatoms. The minimum Gasteiger partial charge on any atom is -0.459 e. The van der Waals surface area contributed by atoms with Gasteiger partial charge in [-0.1, -0.05) is 17.7 Å². The summed E-state index contributed by atoms with van der Waals surface area (Å²) in [6, 6.07) is 3.41. The van der Waals surface area contributed by atoms with Gasteiger partial charge in [-0.15, -0.1) is 0 Å². The Kier molecular flexibility index (Phi) is 3.58. The molecule has 0 saturated carbocycles. The predicted molar refractivity (Wildman–Crippen MR) is 61.2 cm³/mol. The minimum atomic E-state index is -0.476. The summed E-state index contributed by atoms with van der Waals surface area (Å²) >= 11 is 5.90. The molecule has 1 aromatic carbocycles. The van der Waals surface area contributed by atoms with Crippen LogP contribution in [-0.2, 0) is 4.74 Å². The number of hydrogen-bond acceptors (Lipinski definition) is 3. The van der Waals surface area contributed by atoms with Gasteiger partial charge in [-0.2, -0.15) is 0 Å². The Labute approximate surface area is 94.2 Å². The Morgan fingerprint density at radius 1 is 1.47 bits per heavy atom.